The second-order valence-corrected chi connectivity index (χ2v) is 4.30. The second kappa shape index (κ2) is 6.30. The molecule has 4 heteroatoms. The second-order valence-electron chi connectivity index (χ2n) is 4.30. The number of amides is 3. The van der Waals surface area contributed by atoms with E-state index in [0.29, 0.717) is 13.1 Å². The molecule has 0 aromatic carbocycles. The highest BCUT2D eigenvalue weighted by Gasteiger charge is 2.22. The summed E-state index contributed by atoms with van der Waals surface area (Å²) in [6, 6.07) is -0.273. The van der Waals surface area contributed by atoms with E-state index < -0.39 is 0 Å². The van der Waals surface area contributed by atoms with Crippen LogP contribution in [0.4, 0.5) is 4.79 Å². The van der Waals surface area contributed by atoms with Crippen LogP contribution in [0, 0.1) is 5.92 Å². The van der Waals surface area contributed by atoms with Gasteiger partial charge in [-0.1, -0.05) is 26.0 Å². The van der Waals surface area contributed by atoms with E-state index >= 15 is 0 Å². The summed E-state index contributed by atoms with van der Waals surface area (Å²) in [4.78, 5) is 24.9. The van der Waals surface area contributed by atoms with Gasteiger partial charge in [-0.15, -0.1) is 0 Å². The summed E-state index contributed by atoms with van der Waals surface area (Å²) in [5.74, 6) is -0.230. The molecule has 0 aromatic heterocycles. The molecule has 1 N–H and O–H groups in total. The van der Waals surface area contributed by atoms with Gasteiger partial charge < -0.3 is 5.32 Å². The lowest BCUT2D eigenvalue weighted by Gasteiger charge is -2.23. The fourth-order valence-corrected chi connectivity index (χ4v) is 1.60. The molecule has 0 unspecified atom stereocenters. The van der Waals surface area contributed by atoms with Crippen LogP contribution in [-0.2, 0) is 4.79 Å². The van der Waals surface area contributed by atoms with Crippen LogP contribution in [0.1, 0.15) is 33.1 Å². The molecule has 0 atom stereocenters. The Morgan fingerprint density at radius 1 is 1.38 bits per heavy atom. The molecule has 3 amide bonds. The maximum Gasteiger partial charge on any atom is 0.324 e. The van der Waals surface area contributed by atoms with Crippen LogP contribution in [0.2, 0.25) is 0 Å². The Kier molecular flexibility index (Phi) is 5.02. The first-order valence-corrected chi connectivity index (χ1v) is 5.87. The van der Waals surface area contributed by atoms with Gasteiger partial charge in [-0.2, -0.15) is 0 Å². The highest BCUT2D eigenvalue weighted by atomic mass is 16.2. The largest absolute Gasteiger partial charge is 0.334 e. The van der Waals surface area contributed by atoms with Gasteiger partial charge in [0.2, 0.25) is 5.91 Å². The first kappa shape index (κ1) is 12.7. The molecule has 1 aliphatic heterocycles. The summed E-state index contributed by atoms with van der Waals surface area (Å²) in [6.07, 6.45) is 6.91. The van der Waals surface area contributed by atoms with Crippen molar-refractivity contribution in [3.05, 3.63) is 12.2 Å². The maximum atomic E-state index is 11.8. The molecule has 4 nitrogen and oxygen atoms in total. The van der Waals surface area contributed by atoms with Gasteiger partial charge in [0.05, 0.1) is 0 Å². The number of nitrogens with one attached hydrogen (secondary N) is 1. The molecule has 0 saturated heterocycles. The van der Waals surface area contributed by atoms with E-state index in [9.17, 15) is 9.59 Å². The lowest BCUT2D eigenvalue weighted by atomic mass is 10.1. The average molecular weight is 224 g/mol. The minimum Gasteiger partial charge on any atom is -0.334 e. The maximum absolute atomic E-state index is 11.8. The summed E-state index contributed by atoms with van der Waals surface area (Å²) in [7, 11) is 0. The molecule has 0 radical (unpaired) electrons. The fourth-order valence-electron chi connectivity index (χ4n) is 1.60. The van der Waals surface area contributed by atoms with Crippen molar-refractivity contribution in [1.82, 2.24) is 10.2 Å². The molecule has 1 rings (SSSR count). The topological polar surface area (TPSA) is 49.4 Å². The van der Waals surface area contributed by atoms with Gasteiger partial charge in [0.1, 0.15) is 0 Å². The number of urea groups is 1. The van der Waals surface area contributed by atoms with Crippen molar-refractivity contribution >= 4 is 11.9 Å². The van der Waals surface area contributed by atoms with E-state index in [2.05, 4.69) is 11.4 Å². The molecule has 0 fully saturated rings. The highest BCUT2D eigenvalue weighted by molar-refractivity contribution is 5.95. The number of rotatable bonds is 1. The summed E-state index contributed by atoms with van der Waals surface area (Å²) in [5.41, 5.74) is 0. The Morgan fingerprint density at radius 2 is 2.12 bits per heavy atom. The molecular formula is C12H20N2O2. The SMILES string of the molecule is CC(C)C(=O)N1CCCC/C=C\CNC1=O. The van der Waals surface area contributed by atoms with E-state index in [4.69, 9.17) is 0 Å². The van der Waals surface area contributed by atoms with Crippen molar-refractivity contribution in [1.29, 1.82) is 0 Å². The normalized spacial score (nSPS) is 20.4. The van der Waals surface area contributed by atoms with Crippen LogP contribution in [0.5, 0.6) is 0 Å². The quantitative estimate of drug-likeness (QED) is 0.692. The third-order valence-electron chi connectivity index (χ3n) is 2.55. The first-order chi connectivity index (χ1) is 7.63. The Labute approximate surface area is 96.7 Å². The molecule has 0 bridgehead atoms. The van der Waals surface area contributed by atoms with E-state index in [1.165, 1.54) is 4.90 Å². The number of hydrogen-bond donors (Lipinski definition) is 1. The number of nitrogens with zero attached hydrogens (tertiary/aromatic N) is 1. The van der Waals surface area contributed by atoms with Crippen LogP contribution in [-0.4, -0.2) is 29.9 Å². The summed E-state index contributed by atoms with van der Waals surface area (Å²) >= 11 is 0. The summed E-state index contributed by atoms with van der Waals surface area (Å²) < 4.78 is 0. The van der Waals surface area contributed by atoms with Crippen molar-refractivity contribution in [2.75, 3.05) is 13.1 Å². The number of carbonyl (C=O) groups excluding carboxylic acids is 2. The number of carbonyl (C=O) groups is 2. The van der Waals surface area contributed by atoms with E-state index in [1.807, 2.05) is 19.9 Å². The Hall–Kier alpha value is -1.32. The van der Waals surface area contributed by atoms with Gasteiger partial charge in [0, 0.05) is 19.0 Å². The van der Waals surface area contributed by atoms with Crippen LogP contribution in [0.3, 0.4) is 0 Å². The number of imide groups is 1. The fraction of sp³-hybridized carbons (Fsp3) is 0.667. The summed E-state index contributed by atoms with van der Waals surface area (Å²) in [5, 5.41) is 2.72. The molecule has 0 spiro atoms. The van der Waals surface area contributed by atoms with E-state index in [0.717, 1.165) is 19.3 Å². The molecule has 0 aliphatic carbocycles. The third kappa shape index (κ3) is 3.68. The van der Waals surface area contributed by atoms with Gasteiger partial charge >= 0.3 is 6.03 Å². The van der Waals surface area contributed by atoms with Gasteiger partial charge in [0.15, 0.2) is 0 Å². The van der Waals surface area contributed by atoms with Crippen LogP contribution < -0.4 is 5.32 Å². The molecule has 16 heavy (non-hydrogen) atoms. The van der Waals surface area contributed by atoms with Gasteiger partial charge in [-0.25, -0.2) is 4.79 Å². The average Bonchev–Trinajstić information content (AvgIpc) is 2.26. The highest BCUT2D eigenvalue weighted by Crippen LogP contribution is 2.07. The molecule has 1 aliphatic rings. The van der Waals surface area contributed by atoms with Crippen molar-refractivity contribution in [2.45, 2.75) is 33.1 Å². The molecule has 0 aromatic rings. The lowest BCUT2D eigenvalue weighted by Crippen LogP contribution is -2.46. The third-order valence-corrected chi connectivity index (χ3v) is 2.55. The predicted octanol–water partition coefficient (Wildman–Crippen LogP) is 1.92. The number of allylic oxidation sites excluding steroid dienone is 1. The molecular weight excluding hydrogens is 204 g/mol. The van der Waals surface area contributed by atoms with Crippen molar-refractivity contribution in [3.63, 3.8) is 0 Å². The zero-order valence-electron chi connectivity index (χ0n) is 10.0. The van der Waals surface area contributed by atoms with Crippen LogP contribution in [0.25, 0.3) is 0 Å². The number of hydrogen-bond acceptors (Lipinski definition) is 2. The minimum absolute atomic E-state index is 0.0953. The van der Waals surface area contributed by atoms with E-state index in [1.54, 1.807) is 0 Å². The van der Waals surface area contributed by atoms with Crippen molar-refractivity contribution in [3.8, 4) is 0 Å². The molecule has 0 saturated carbocycles. The molecule has 90 valence electrons. The van der Waals surface area contributed by atoms with Crippen molar-refractivity contribution in [2.24, 2.45) is 5.92 Å². The zero-order chi connectivity index (χ0) is 12.0. The summed E-state index contributed by atoms with van der Waals surface area (Å²) in [6.45, 7) is 4.65. The Bertz CT molecular complexity index is 285. The smallest absolute Gasteiger partial charge is 0.324 e. The van der Waals surface area contributed by atoms with Gasteiger partial charge in [-0.05, 0) is 19.3 Å². The monoisotopic (exact) mass is 224 g/mol. The van der Waals surface area contributed by atoms with Crippen molar-refractivity contribution < 1.29 is 9.59 Å². The molecule has 1 heterocycles. The lowest BCUT2D eigenvalue weighted by molar-refractivity contribution is -0.131. The van der Waals surface area contributed by atoms with Crippen LogP contribution in [0.15, 0.2) is 12.2 Å². The Morgan fingerprint density at radius 3 is 2.81 bits per heavy atom. The standard InChI is InChI=1S/C12H20N2O2/c1-10(2)11(15)14-9-7-5-3-4-6-8-13-12(14)16/h4,6,10H,3,5,7-9H2,1-2H3,(H,13,16)/b6-4-. The van der Waals surface area contributed by atoms with Gasteiger partial charge in [-0.3, -0.25) is 9.69 Å². The first-order valence-electron chi connectivity index (χ1n) is 5.87. The minimum atomic E-state index is -0.273. The van der Waals surface area contributed by atoms with Gasteiger partial charge in [0.25, 0.3) is 0 Å². The van der Waals surface area contributed by atoms with Crippen LogP contribution >= 0.6 is 0 Å². The Balaban J connectivity index is 2.67. The van der Waals surface area contributed by atoms with E-state index in [-0.39, 0.29) is 17.9 Å². The predicted molar refractivity (Wildman–Crippen MR) is 62.9 cm³/mol. The zero-order valence-corrected chi connectivity index (χ0v) is 10.0.